The molecule has 1 N–H and O–H groups in total. The summed E-state index contributed by atoms with van der Waals surface area (Å²) in [6, 6.07) is 7.62. The van der Waals surface area contributed by atoms with E-state index in [0.717, 1.165) is 15.8 Å². The minimum Gasteiger partial charge on any atom is -0.347 e. The van der Waals surface area contributed by atoms with Crippen LogP contribution in [0.25, 0.3) is 0 Å². The lowest BCUT2D eigenvalue weighted by molar-refractivity contribution is -0.115. The van der Waals surface area contributed by atoms with Crippen LogP contribution in [-0.2, 0) is 4.79 Å². The second-order valence-corrected chi connectivity index (χ2v) is 4.14. The maximum atomic E-state index is 11.3. The highest BCUT2D eigenvalue weighted by Gasteiger charge is 2.21. The molecule has 0 unspecified atom stereocenters. The molecule has 0 spiro atoms. The molecule has 1 aliphatic heterocycles. The summed E-state index contributed by atoms with van der Waals surface area (Å²) in [6.45, 7) is 0.452. The number of carbonyl (C=O) groups is 1. The molecule has 1 amide bonds. The highest BCUT2D eigenvalue weighted by molar-refractivity contribution is 9.10. The first-order chi connectivity index (χ1) is 7.20. The fourth-order valence-corrected chi connectivity index (χ4v) is 1.90. The average molecular weight is 266 g/mol. The van der Waals surface area contributed by atoms with Gasteiger partial charge in [-0.2, -0.15) is 5.26 Å². The SMILES string of the molecule is N#CCN1CC(=O)Nc2ccc(Br)cc21. The molecule has 1 aliphatic rings. The fourth-order valence-electron chi connectivity index (χ4n) is 1.55. The van der Waals surface area contributed by atoms with Crippen LogP contribution >= 0.6 is 15.9 Å². The zero-order valence-electron chi connectivity index (χ0n) is 7.83. The van der Waals surface area contributed by atoms with E-state index in [1.54, 1.807) is 4.90 Å². The normalized spacial score (nSPS) is 14.1. The van der Waals surface area contributed by atoms with E-state index in [-0.39, 0.29) is 19.0 Å². The lowest BCUT2D eigenvalue weighted by Crippen LogP contribution is -2.38. The molecule has 0 aromatic heterocycles. The van der Waals surface area contributed by atoms with Crippen molar-refractivity contribution in [2.75, 3.05) is 23.3 Å². The Morgan fingerprint density at radius 1 is 1.60 bits per heavy atom. The summed E-state index contributed by atoms with van der Waals surface area (Å²) in [4.78, 5) is 13.1. The molecule has 0 bridgehead atoms. The van der Waals surface area contributed by atoms with Gasteiger partial charge in [0.2, 0.25) is 5.91 Å². The van der Waals surface area contributed by atoms with Gasteiger partial charge in [-0.15, -0.1) is 0 Å². The van der Waals surface area contributed by atoms with Crippen LogP contribution in [0.2, 0.25) is 0 Å². The summed E-state index contributed by atoms with van der Waals surface area (Å²) in [5.41, 5.74) is 1.63. The van der Waals surface area contributed by atoms with Crippen LogP contribution in [0.15, 0.2) is 22.7 Å². The molecule has 1 aromatic carbocycles. The van der Waals surface area contributed by atoms with Gasteiger partial charge in [-0.1, -0.05) is 15.9 Å². The monoisotopic (exact) mass is 265 g/mol. The lowest BCUT2D eigenvalue weighted by Gasteiger charge is -2.28. The standard InChI is InChI=1S/C10H8BrN3O/c11-7-1-2-8-9(5-7)14(4-3-12)6-10(15)13-8/h1-2,5H,4,6H2,(H,13,15). The van der Waals surface area contributed by atoms with Gasteiger partial charge in [0.15, 0.2) is 0 Å². The molecule has 4 nitrogen and oxygen atoms in total. The molecule has 2 rings (SSSR count). The summed E-state index contributed by atoms with van der Waals surface area (Å²) >= 11 is 3.36. The Balaban J connectivity index is 2.43. The van der Waals surface area contributed by atoms with Gasteiger partial charge in [-0.25, -0.2) is 0 Å². The van der Waals surface area contributed by atoms with Gasteiger partial charge in [-0.3, -0.25) is 4.79 Å². The summed E-state index contributed by atoms with van der Waals surface area (Å²) in [7, 11) is 0. The van der Waals surface area contributed by atoms with Gasteiger partial charge in [0.05, 0.1) is 24.0 Å². The highest BCUT2D eigenvalue weighted by atomic mass is 79.9. The predicted octanol–water partition coefficient (Wildman–Crippen LogP) is 1.73. The van der Waals surface area contributed by atoms with Crippen molar-refractivity contribution in [3.05, 3.63) is 22.7 Å². The van der Waals surface area contributed by atoms with Crippen molar-refractivity contribution in [3.8, 4) is 6.07 Å². The number of fused-ring (bicyclic) bond motifs is 1. The number of hydrogen-bond donors (Lipinski definition) is 1. The Morgan fingerprint density at radius 2 is 2.40 bits per heavy atom. The van der Waals surface area contributed by atoms with Gasteiger partial charge in [-0.05, 0) is 18.2 Å². The second-order valence-electron chi connectivity index (χ2n) is 3.22. The number of rotatable bonds is 1. The number of halogens is 1. The van der Waals surface area contributed by atoms with Crippen molar-refractivity contribution >= 4 is 33.2 Å². The van der Waals surface area contributed by atoms with E-state index in [2.05, 4.69) is 21.2 Å². The summed E-state index contributed by atoms with van der Waals surface area (Å²) < 4.78 is 0.931. The molecule has 0 saturated carbocycles. The van der Waals surface area contributed by atoms with E-state index in [1.807, 2.05) is 24.3 Å². The van der Waals surface area contributed by atoms with Crippen molar-refractivity contribution in [2.45, 2.75) is 0 Å². The van der Waals surface area contributed by atoms with Crippen LogP contribution in [0, 0.1) is 11.3 Å². The maximum absolute atomic E-state index is 11.3. The first-order valence-corrected chi connectivity index (χ1v) is 5.21. The summed E-state index contributed by atoms with van der Waals surface area (Å²) in [5, 5.41) is 11.4. The number of amides is 1. The molecule has 0 radical (unpaired) electrons. The van der Waals surface area contributed by atoms with Crippen molar-refractivity contribution in [1.82, 2.24) is 0 Å². The topological polar surface area (TPSA) is 56.1 Å². The van der Waals surface area contributed by atoms with Crippen molar-refractivity contribution in [2.24, 2.45) is 0 Å². The van der Waals surface area contributed by atoms with E-state index in [0.29, 0.717) is 0 Å². The molecular weight excluding hydrogens is 258 g/mol. The minimum atomic E-state index is -0.0833. The smallest absolute Gasteiger partial charge is 0.243 e. The Hall–Kier alpha value is -1.54. The number of benzene rings is 1. The summed E-state index contributed by atoms with van der Waals surface area (Å²) in [6.07, 6.45) is 0. The van der Waals surface area contributed by atoms with Gasteiger partial charge < -0.3 is 10.2 Å². The van der Waals surface area contributed by atoms with Gasteiger partial charge in [0.25, 0.3) is 0 Å². The Bertz CT molecular complexity index is 452. The van der Waals surface area contributed by atoms with Crippen LogP contribution in [0.1, 0.15) is 0 Å². The number of nitrogens with one attached hydrogen (secondary N) is 1. The number of nitrogens with zero attached hydrogens (tertiary/aromatic N) is 2. The third kappa shape index (κ3) is 1.95. The fraction of sp³-hybridized carbons (Fsp3) is 0.200. The second kappa shape index (κ2) is 3.91. The Labute approximate surface area is 95.6 Å². The molecule has 0 saturated heterocycles. The van der Waals surface area contributed by atoms with Gasteiger partial charge in [0.1, 0.15) is 6.54 Å². The zero-order chi connectivity index (χ0) is 10.8. The molecule has 0 atom stereocenters. The van der Waals surface area contributed by atoms with Gasteiger partial charge >= 0.3 is 0 Å². The third-order valence-corrected chi connectivity index (χ3v) is 2.66. The van der Waals surface area contributed by atoms with Crippen LogP contribution in [0.4, 0.5) is 11.4 Å². The number of nitriles is 1. The third-order valence-electron chi connectivity index (χ3n) is 2.17. The number of carbonyl (C=O) groups excluding carboxylic acids is 1. The van der Waals surface area contributed by atoms with Gasteiger partial charge in [0, 0.05) is 4.47 Å². The largest absolute Gasteiger partial charge is 0.347 e. The highest BCUT2D eigenvalue weighted by Crippen LogP contribution is 2.31. The molecular formula is C10H8BrN3O. The average Bonchev–Trinajstić information content (AvgIpc) is 2.19. The minimum absolute atomic E-state index is 0.0833. The lowest BCUT2D eigenvalue weighted by atomic mass is 10.2. The first-order valence-electron chi connectivity index (χ1n) is 4.42. The maximum Gasteiger partial charge on any atom is 0.243 e. The van der Waals surface area contributed by atoms with E-state index in [9.17, 15) is 4.79 Å². The first kappa shape index (κ1) is 9.99. The quantitative estimate of drug-likeness (QED) is 0.787. The summed E-state index contributed by atoms with van der Waals surface area (Å²) in [5.74, 6) is -0.0833. The van der Waals surface area contributed by atoms with Crippen molar-refractivity contribution in [1.29, 1.82) is 5.26 Å². The zero-order valence-corrected chi connectivity index (χ0v) is 9.41. The van der Waals surface area contributed by atoms with Crippen LogP contribution in [0.3, 0.4) is 0 Å². The molecule has 15 heavy (non-hydrogen) atoms. The van der Waals surface area contributed by atoms with Crippen LogP contribution < -0.4 is 10.2 Å². The van der Waals surface area contributed by atoms with E-state index in [4.69, 9.17) is 5.26 Å². The molecule has 0 aliphatic carbocycles. The van der Waals surface area contributed by atoms with E-state index < -0.39 is 0 Å². The van der Waals surface area contributed by atoms with E-state index >= 15 is 0 Å². The van der Waals surface area contributed by atoms with Crippen LogP contribution in [0.5, 0.6) is 0 Å². The molecule has 1 heterocycles. The van der Waals surface area contributed by atoms with Crippen molar-refractivity contribution < 1.29 is 4.79 Å². The van der Waals surface area contributed by atoms with Crippen molar-refractivity contribution in [3.63, 3.8) is 0 Å². The number of anilines is 2. The van der Waals surface area contributed by atoms with E-state index in [1.165, 1.54) is 0 Å². The molecule has 5 heteroatoms. The molecule has 1 aromatic rings. The molecule has 0 fully saturated rings. The Morgan fingerprint density at radius 3 is 3.13 bits per heavy atom. The Kier molecular flexibility index (Phi) is 2.60. The predicted molar refractivity (Wildman–Crippen MR) is 60.6 cm³/mol. The van der Waals surface area contributed by atoms with Crippen LogP contribution in [-0.4, -0.2) is 19.0 Å². The molecule has 76 valence electrons. The number of hydrogen-bond acceptors (Lipinski definition) is 3.